The van der Waals surface area contributed by atoms with Crippen LogP contribution in [-0.2, 0) is 6.61 Å². The quantitative estimate of drug-likeness (QED) is 0.904. The zero-order valence-corrected chi connectivity index (χ0v) is 15.3. The zero-order valence-electron chi connectivity index (χ0n) is 15.3. The Balaban J connectivity index is 1.68. The molecule has 1 aliphatic heterocycles. The first-order valence-electron chi connectivity index (χ1n) is 9.04. The highest BCUT2D eigenvalue weighted by molar-refractivity contribution is 5.96. The third kappa shape index (κ3) is 4.34. The van der Waals surface area contributed by atoms with E-state index in [1.165, 1.54) is 12.1 Å². The molecule has 2 amide bonds. The Labute approximate surface area is 158 Å². The summed E-state index contributed by atoms with van der Waals surface area (Å²) < 4.78 is 13.5. The van der Waals surface area contributed by atoms with E-state index in [4.69, 9.17) is 5.11 Å². The Kier molecular flexibility index (Phi) is 5.86. The van der Waals surface area contributed by atoms with E-state index >= 15 is 0 Å². The first kappa shape index (κ1) is 19.0. The smallest absolute Gasteiger partial charge is 0.254 e. The molecule has 0 bridgehead atoms. The molecule has 5 nitrogen and oxygen atoms in total. The summed E-state index contributed by atoms with van der Waals surface area (Å²) >= 11 is 0. The number of amides is 2. The van der Waals surface area contributed by atoms with Gasteiger partial charge in [-0.05, 0) is 48.7 Å². The highest BCUT2D eigenvalue weighted by Crippen LogP contribution is 2.16. The Morgan fingerprint density at radius 2 is 1.59 bits per heavy atom. The van der Waals surface area contributed by atoms with Crippen LogP contribution in [0.2, 0.25) is 0 Å². The SMILES string of the molecule is Cc1ccc(F)cc1C(=O)N1CCCN(C(=O)c2ccc(CO)cc2)CC1. The van der Waals surface area contributed by atoms with Crippen molar-refractivity contribution in [2.24, 2.45) is 0 Å². The molecule has 1 fully saturated rings. The number of aliphatic hydroxyl groups excluding tert-OH is 1. The van der Waals surface area contributed by atoms with Crippen molar-refractivity contribution in [3.63, 3.8) is 0 Å². The van der Waals surface area contributed by atoms with Gasteiger partial charge in [0.05, 0.1) is 6.61 Å². The largest absolute Gasteiger partial charge is 0.392 e. The molecule has 0 radical (unpaired) electrons. The predicted octanol–water partition coefficient (Wildman–Crippen LogP) is 2.61. The number of halogens is 1. The van der Waals surface area contributed by atoms with Crippen LogP contribution >= 0.6 is 0 Å². The number of aryl methyl sites for hydroxylation is 1. The van der Waals surface area contributed by atoms with Crippen LogP contribution in [-0.4, -0.2) is 52.9 Å². The van der Waals surface area contributed by atoms with Crippen molar-refractivity contribution < 1.29 is 19.1 Å². The van der Waals surface area contributed by atoms with Gasteiger partial charge in [-0.2, -0.15) is 0 Å². The van der Waals surface area contributed by atoms with Gasteiger partial charge in [-0.15, -0.1) is 0 Å². The summed E-state index contributed by atoms with van der Waals surface area (Å²) in [6, 6.07) is 11.1. The van der Waals surface area contributed by atoms with Crippen molar-refractivity contribution in [3.8, 4) is 0 Å². The Bertz CT molecular complexity index is 836. The van der Waals surface area contributed by atoms with Gasteiger partial charge in [0.15, 0.2) is 0 Å². The van der Waals surface area contributed by atoms with E-state index in [1.807, 2.05) is 0 Å². The van der Waals surface area contributed by atoms with Crippen molar-refractivity contribution in [3.05, 3.63) is 70.5 Å². The lowest BCUT2D eigenvalue weighted by Crippen LogP contribution is -2.37. The van der Waals surface area contributed by atoms with E-state index in [0.29, 0.717) is 43.7 Å². The molecule has 2 aromatic carbocycles. The standard InChI is InChI=1S/C21H23FN2O3/c1-15-3-8-18(22)13-19(15)21(27)24-10-2-9-23(11-12-24)20(26)17-6-4-16(14-25)5-7-17/h3-8,13,25H,2,9-12,14H2,1H3. The van der Waals surface area contributed by atoms with E-state index in [9.17, 15) is 14.0 Å². The maximum absolute atomic E-state index is 13.5. The third-order valence-electron chi connectivity index (χ3n) is 4.88. The lowest BCUT2D eigenvalue weighted by molar-refractivity contribution is 0.0718. The molecule has 1 N–H and O–H groups in total. The van der Waals surface area contributed by atoms with E-state index in [1.54, 1.807) is 47.1 Å². The van der Waals surface area contributed by atoms with Gasteiger partial charge in [0, 0.05) is 37.3 Å². The van der Waals surface area contributed by atoms with Crippen LogP contribution in [0.15, 0.2) is 42.5 Å². The van der Waals surface area contributed by atoms with Crippen LogP contribution in [0.25, 0.3) is 0 Å². The van der Waals surface area contributed by atoms with Gasteiger partial charge in [-0.3, -0.25) is 9.59 Å². The van der Waals surface area contributed by atoms with E-state index in [0.717, 1.165) is 11.1 Å². The fourth-order valence-electron chi connectivity index (χ4n) is 3.25. The molecule has 6 heteroatoms. The van der Waals surface area contributed by atoms with Crippen LogP contribution in [0.1, 0.15) is 38.3 Å². The maximum Gasteiger partial charge on any atom is 0.254 e. The van der Waals surface area contributed by atoms with Gasteiger partial charge in [0.25, 0.3) is 11.8 Å². The minimum Gasteiger partial charge on any atom is -0.392 e. The molecule has 0 aliphatic carbocycles. The molecule has 0 atom stereocenters. The minimum atomic E-state index is -0.429. The summed E-state index contributed by atoms with van der Waals surface area (Å²) in [4.78, 5) is 28.9. The van der Waals surface area contributed by atoms with Crippen LogP contribution in [0.5, 0.6) is 0 Å². The monoisotopic (exact) mass is 370 g/mol. The molecule has 27 heavy (non-hydrogen) atoms. The first-order valence-corrected chi connectivity index (χ1v) is 9.04. The van der Waals surface area contributed by atoms with Crippen molar-refractivity contribution in [1.82, 2.24) is 9.80 Å². The normalized spacial score (nSPS) is 14.8. The molecular weight excluding hydrogens is 347 g/mol. The lowest BCUT2D eigenvalue weighted by Gasteiger charge is -2.23. The molecule has 142 valence electrons. The van der Waals surface area contributed by atoms with E-state index in [-0.39, 0.29) is 18.4 Å². The van der Waals surface area contributed by atoms with Crippen molar-refractivity contribution in [2.75, 3.05) is 26.2 Å². The molecule has 1 saturated heterocycles. The highest BCUT2D eigenvalue weighted by Gasteiger charge is 2.24. The summed E-state index contributed by atoms with van der Waals surface area (Å²) in [6.45, 7) is 3.66. The lowest BCUT2D eigenvalue weighted by atomic mass is 10.1. The van der Waals surface area contributed by atoms with Crippen LogP contribution in [0.4, 0.5) is 4.39 Å². The molecule has 0 saturated carbocycles. The van der Waals surface area contributed by atoms with Gasteiger partial charge < -0.3 is 14.9 Å². The second-order valence-corrected chi connectivity index (χ2v) is 6.75. The Hall–Kier alpha value is -2.73. The van der Waals surface area contributed by atoms with Gasteiger partial charge in [0.2, 0.25) is 0 Å². The molecule has 1 heterocycles. The molecule has 0 aromatic heterocycles. The highest BCUT2D eigenvalue weighted by atomic mass is 19.1. The van der Waals surface area contributed by atoms with Gasteiger partial charge >= 0.3 is 0 Å². The summed E-state index contributed by atoms with van der Waals surface area (Å²) in [5.41, 5.74) is 2.43. The van der Waals surface area contributed by atoms with Crippen molar-refractivity contribution in [2.45, 2.75) is 20.0 Å². The Morgan fingerprint density at radius 3 is 2.22 bits per heavy atom. The number of aliphatic hydroxyl groups is 1. The van der Waals surface area contributed by atoms with Crippen LogP contribution < -0.4 is 0 Å². The van der Waals surface area contributed by atoms with E-state index in [2.05, 4.69) is 0 Å². The number of carbonyl (C=O) groups excluding carboxylic acids is 2. The van der Waals surface area contributed by atoms with Crippen LogP contribution in [0, 0.1) is 12.7 Å². The number of rotatable bonds is 3. The van der Waals surface area contributed by atoms with Crippen molar-refractivity contribution in [1.29, 1.82) is 0 Å². The summed E-state index contributed by atoms with van der Waals surface area (Å²) in [5.74, 6) is -0.716. The van der Waals surface area contributed by atoms with E-state index < -0.39 is 5.82 Å². The number of hydrogen-bond donors (Lipinski definition) is 1. The predicted molar refractivity (Wildman–Crippen MR) is 99.9 cm³/mol. The minimum absolute atomic E-state index is 0.0608. The molecular formula is C21H23FN2O3. The van der Waals surface area contributed by atoms with Crippen molar-refractivity contribution >= 4 is 11.8 Å². The number of benzene rings is 2. The number of nitrogens with zero attached hydrogens (tertiary/aromatic N) is 2. The number of hydrogen-bond acceptors (Lipinski definition) is 3. The Morgan fingerprint density at radius 1 is 0.963 bits per heavy atom. The zero-order chi connectivity index (χ0) is 19.4. The third-order valence-corrected chi connectivity index (χ3v) is 4.88. The molecule has 1 aliphatic rings. The average molecular weight is 370 g/mol. The van der Waals surface area contributed by atoms with Crippen LogP contribution in [0.3, 0.4) is 0 Å². The molecule has 0 unspecified atom stereocenters. The van der Waals surface area contributed by atoms with Gasteiger partial charge in [0.1, 0.15) is 5.82 Å². The maximum atomic E-state index is 13.5. The second-order valence-electron chi connectivity index (χ2n) is 6.75. The molecule has 2 aromatic rings. The topological polar surface area (TPSA) is 60.9 Å². The molecule has 0 spiro atoms. The summed E-state index contributed by atoms with van der Waals surface area (Å²) in [5, 5.41) is 9.11. The average Bonchev–Trinajstić information content (AvgIpc) is 2.95. The molecule has 3 rings (SSSR count). The fourth-order valence-corrected chi connectivity index (χ4v) is 3.25. The summed E-state index contributed by atoms with van der Waals surface area (Å²) in [6.07, 6.45) is 0.667. The van der Waals surface area contributed by atoms with Gasteiger partial charge in [-0.25, -0.2) is 4.39 Å². The fraction of sp³-hybridized carbons (Fsp3) is 0.333. The summed E-state index contributed by atoms with van der Waals surface area (Å²) in [7, 11) is 0. The number of carbonyl (C=O) groups is 2. The first-order chi connectivity index (χ1) is 13.0. The second kappa shape index (κ2) is 8.31. The van der Waals surface area contributed by atoms with Gasteiger partial charge in [-0.1, -0.05) is 18.2 Å².